The largest absolute Gasteiger partial charge is 0.392 e. The van der Waals surface area contributed by atoms with Gasteiger partial charge in [-0.05, 0) is 43.2 Å². The van der Waals surface area contributed by atoms with Crippen molar-refractivity contribution in [2.24, 2.45) is 0 Å². The fraction of sp³-hybridized carbons (Fsp3) is 0.381. The second-order valence-electron chi connectivity index (χ2n) is 7.36. The van der Waals surface area contributed by atoms with Crippen LogP contribution in [-0.4, -0.2) is 40.2 Å². The summed E-state index contributed by atoms with van der Waals surface area (Å²) < 4.78 is 1.14. The summed E-state index contributed by atoms with van der Waals surface area (Å²) >= 11 is 7.84. The molecule has 2 aromatic carbocycles. The molecule has 0 bridgehead atoms. The number of nitrogens with zero attached hydrogens (tertiary/aromatic N) is 3. The van der Waals surface area contributed by atoms with E-state index in [1.807, 2.05) is 30.3 Å². The maximum Gasteiger partial charge on any atom is 0.186 e. The molecule has 2 atom stereocenters. The van der Waals surface area contributed by atoms with Gasteiger partial charge in [0.15, 0.2) is 5.13 Å². The van der Waals surface area contributed by atoms with Crippen molar-refractivity contribution in [2.45, 2.75) is 39.1 Å². The minimum absolute atomic E-state index is 0.0916. The minimum Gasteiger partial charge on any atom is -0.392 e. The van der Waals surface area contributed by atoms with Gasteiger partial charge in [0.25, 0.3) is 0 Å². The van der Waals surface area contributed by atoms with Crippen LogP contribution >= 0.6 is 22.9 Å². The molecule has 1 aromatic heterocycles. The van der Waals surface area contributed by atoms with Crippen LogP contribution in [0.2, 0.25) is 5.02 Å². The highest BCUT2D eigenvalue weighted by atomic mass is 35.5. The molecule has 1 N–H and O–H groups in total. The lowest BCUT2D eigenvalue weighted by atomic mass is 10.1. The van der Waals surface area contributed by atoms with E-state index >= 15 is 0 Å². The number of fused-ring (bicyclic) bond motifs is 1. The average Bonchev–Trinajstić information content (AvgIpc) is 3.08. The Labute approximate surface area is 169 Å². The Morgan fingerprint density at radius 3 is 2.59 bits per heavy atom. The number of thiazole rings is 1. The van der Waals surface area contributed by atoms with Gasteiger partial charge < -0.3 is 10.0 Å². The van der Waals surface area contributed by atoms with Gasteiger partial charge in [-0.2, -0.15) is 0 Å². The molecule has 1 aliphatic rings. The fourth-order valence-corrected chi connectivity index (χ4v) is 5.14. The molecule has 4 rings (SSSR count). The van der Waals surface area contributed by atoms with Crippen molar-refractivity contribution in [1.29, 1.82) is 0 Å². The zero-order chi connectivity index (χ0) is 19.0. The number of anilines is 1. The van der Waals surface area contributed by atoms with E-state index in [2.05, 4.69) is 35.8 Å². The lowest BCUT2D eigenvalue weighted by molar-refractivity contribution is 0.123. The van der Waals surface area contributed by atoms with E-state index in [0.29, 0.717) is 12.1 Å². The third kappa shape index (κ3) is 3.97. The summed E-state index contributed by atoms with van der Waals surface area (Å²) in [6.45, 7) is 7.47. The minimum atomic E-state index is 0.0916. The molecule has 0 aliphatic carbocycles. The van der Waals surface area contributed by atoms with Crippen LogP contribution < -0.4 is 4.90 Å². The van der Waals surface area contributed by atoms with Crippen molar-refractivity contribution in [1.82, 2.24) is 9.88 Å². The number of aliphatic hydroxyl groups is 1. The van der Waals surface area contributed by atoms with Crippen molar-refractivity contribution in [3.8, 4) is 0 Å². The molecule has 0 spiro atoms. The van der Waals surface area contributed by atoms with Gasteiger partial charge >= 0.3 is 0 Å². The van der Waals surface area contributed by atoms with E-state index in [-0.39, 0.29) is 6.61 Å². The van der Waals surface area contributed by atoms with Crippen LogP contribution in [0.25, 0.3) is 10.2 Å². The number of rotatable bonds is 4. The number of aliphatic hydroxyl groups excluding tert-OH is 1. The van der Waals surface area contributed by atoms with Crippen LogP contribution in [0.3, 0.4) is 0 Å². The Hall–Kier alpha value is -1.66. The van der Waals surface area contributed by atoms with E-state index in [9.17, 15) is 5.11 Å². The third-order valence-electron chi connectivity index (χ3n) is 5.25. The number of hydrogen-bond donors (Lipinski definition) is 1. The summed E-state index contributed by atoms with van der Waals surface area (Å²) in [5, 5.41) is 11.2. The molecule has 6 heteroatoms. The molecule has 2 unspecified atom stereocenters. The zero-order valence-corrected chi connectivity index (χ0v) is 17.2. The van der Waals surface area contributed by atoms with Crippen LogP contribution in [0.1, 0.15) is 25.0 Å². The van der Waals surface area contributed by atoms with E-state index < -0.39 is 0 Å². The van der Waals surface area contributed by atoms with Gasteiger partial charge in [-0.15, -0.1) is 0 Å². The second kappa shape index (κ2) is 7.76. The smallest absolute Gasteiger partial charge is 0.186 e. The van der Waals surface area contributed by atoms with Crippen molar-refractivity contribution in [3.05, 3.63) is 58.6 Å². The van der Waals surface area contributed by atoms with Gasteiger partial charge in [0.2, 0.25) is 0 Å². The quantitative estimate of drug-likeness (QED) is 0.696. The van der Waals surface area contributed by atoms with Gasteiger partial charge in [0, 0.05) is 36.7 Å². The van der Waals surface area contributed by atoms with Crippen LogP contribution in [0, 0.1) is 0 Å². The molecule has 1 fully saturated rings. The highest BCUT2D eigenvalue weighted by Gasteiger charge is 2.30. The van der Waals surface area contributed by atoms with Crippen LogP contribution in [0.4, 0.5) is 5.13 Å². The first-order valence-corrected chi connectivity index (χ1v) is 10.5. The van der Waals surface area contributed by atoms with E-state index in [1.54, 1.807) is 11.3 Å². The molecule has 0 amide bonds. The number of benzene rings is 2. The summed E-state index contributed by atoms with van der Waals surface area (Å²) in [6.07, 6.45) is 0. The molecule has 27 heavy (non-hydrogen) atoms. The average molecular weight is 402 g/mol. The zero-order valence-electron chi connectivity index (χ0n) is 15.6. The fourth-order valence-electron chi connectivity index (χ4n) is 3.88. The molecule has 4 nitrogen and oxygen atoms in total. The predicted octanol–water partition coefficient (Wildman–Crippen LogP) is 4.54. The summed E-state index contributed by atoms with van der Waals surface area (Å²) in [6, 6.07) is 15.0. The van der Waals surface area contributed by atoms with Crippen LogP contribution in [-0.2, 0) is 13.2 Å². The Bertz CT molecular complexity index is 932. The van der Waals surface area contributed by atoms with E-state index in [1.165, 1.54) is 5.56 Å². The molecule has 1 saturated heterocycles. The van der Waals surface area contributed by atoms with E-state index in [4.69, 9.17) is 16.6 Å². The monoisotopic (exact) mass is 401 g/mol. The molecule has 1 aliphatic heterocycles. The second-order valence-corrected chi connectivity index (χ2v) is 8.81. The lowest BCUT2D eigenvalue weighted by Crippen LogP contribution is -2.56. The van der Waals surface area contributed by atoms with Gasteiger partial charge in [0.05, 0.1) is 16.8 Å². The molecule has 142 valence electrons. The van der Waals surface area contributed by atoms with Crippen molar-refractivity contribution in [2.75, 3.05) is 18.0 Å². The number of aromatic nitrogens is 1. The number of hydrogen-bond acceptors (Lipinski definition) is 5. The molecule has 3 aromatic rings. The first kappa shape index (κ1) is 18.7. The summed E-state index contributed by atoms with van der Waals surface area (Å²) in [7, 11) is 0. The topological polar surface area (TPSA) is 39.6 Å². The maximum atomic E-state index is 9.38. The third-order valence-corrected chi connectivity index (χ3v) is 6.56. The van der Waals surface area contributed by atoms with E-state index in [0.717, 1.165) is 45.6 Å². The SMILES string of the molecule is CC1CN(c2nc3ccc(Cl)cc3s2)CC(C)N1Cc1cccc(CO)c1. The molecule has 2 heterocycles. The van der Waals surface area contributed by atoms with Gasteiger partial charge in [-0.1, -0.05) is 47.2 Å². The molecular weight excluding hydrogens is 378 g/mol. The highest BCUT2D eigenvalue weighted by molar-refractivity contribution is 7.22. The number of piperazine rings is 1. The molecule has 0 radical (unpaired) electrons. The number of halogens is 1. The lowest BCUT2D eigenvalue weighted by Gasteiger charge is -2.44. The van der Waals surface area contributed by atoms with Crippen molar-refractivity contribution >= 4 is 38.3 Å². The first-order valence-electron chi connectivity index (χ1n) is 9.29. The Morgan fingerprint density at radius 1 is 1.11 bits per heavy atom. The predicted molar refractivity (Wildman–Crippen MR) is 114 cm³/mol. The Balaban J connectivity index is 1.50. The van der Waals surface area contributed by atoms with Gasteiger partial charge in [-0.3, -0.25) is 4.90 Å². The molecular formula is C21H24ClN3OS. The normalized spacial score (nSPS) is 21.1. The summed E-state index contributed by atoms with van der Waals surface area (Å²) in [5.74, 6) is 0. The highest BCUT2D eigenvalue weighted by Crippen LogP contribution is 2.33. The van der Waals surface area contributed by atoms with Crippen LogP contribution in [0.5, 0.6) is 0 Å². The Morgan fingerprint density at radius 2 is 1.85 bits per heavy atom. The Kier molecular flexibility index (Phi) is 5.37. The molecule has 0 saturated carbocycles. The van der Waals surface area contributed by atoms with Crippen LogP contribution in [0.15, 0.2) is 42.5 Å². The first-order chi connectivity index (χ1) is 13.0. The summed E-state index contributed by atoms with van der Waals surface area (Å²) in [5.41, 5.74) is 3.24. The van der Waals surface area contributed by atoms with Gasteiger partial charge in [-0.25, -0.2) is 4.98 Å². The van der Waals surface area contributed by atoms with Crippen molar-refractivity contribution < 1.29 is 5.11 Å². The van der Waals surface area contributed by atoms with Crippen molar-refractivity contribution in [3.63, 3.8) is 0 Å². The standard InChI is InChI=1S/C21H24ClN3OS/c1-14-10-24(21-23-19-7-6-18(22)9-20(19)27-21)11-15(2)25(14)12-16-4-3-5-17(8-16)13-26/h3-9,14-15,26H,10-13H2,1-2H3. The van der Waals surface area contributed by atoms with Gasteiger partial charge in [0.1, 0.15) is 0 Å². The maximum absolute atomic E-state index is 9.38. The summed E-state index contributed by atoms with van der Waals surface area (Å²) in [4.78, 5) is 9.75.